The van der Waals surface area contributed by atoms with Crippen LogP contribution in [0.5, 0.6) is 11.5 Å². The second kappa shape index (κ2) is 7.76. The summed E-state index contributed by atoms with van der Waals surface area (Å²) < 4.78 is 21.5. The molecule has 3 rings (SSSR count). The van der Waals surface area contributed by atoms with Gasteiger partial charge in [0.25, 0.3) is 0 Å². The van der Waals surface area contributed by atoms with Gasteiger partial charge in [-0.2, -0.15) is 0 Å². The van der Waals surface area contributed by atoms with Gasteiger partial charge in [0.15, 0.2) is 11.0 Å². The molecule has 0 aliphatic heterocycles. The fraction of sp³-hybridized carbons (Fsp3) is 0.273. The van der Waals surface area contributed by atoms with Gasteiger partial charge in [-0.1, -0.05) is 12.1 Å². The van der Waals surface area contributed by atoms with Crippen molar-refractivity contribution in [2.45, 2.75) is 26.4 Å². The van der Waals surface area contributed by atoms with E-state index in [0.717, 1.165) is 0 Å². The average Bonchev–Trinajstić information content (AvgIpc) is 2.68. The fourth-order valence-electron chi connectivity index (χ4n) is 2.78. The van der Waals surface area contributed by atoms with E-state index < -0.39 is 11.6 Å². The van der Waals surface area contributed by atoms with Crippen LogP contribution in [0.25, 0.3) is 22.1 Å². The standard InChI is InChI=1S/C22H22O6/c1-5-26-21(24)22(2,3)28-15-8-6-14(7-9-15)18-13-27-19-12-16(25-4)10-11-17(19)20(18)23/h6-13H,5H2,1-4H3. The van der Waals surface area contributed by atoms with Crippen LogP contribution in [0.15, 0.2) is 57.9 Å². The maximum Gasteiger partial charge on any atom is 0.349 e. The predicted molar refractivity (Wildman–Crippen MR) is 106 cm³/mol. The van der Waals surface area contributed by atoms with E-state index in [1.165, 1.54) is 6.26 Å². The molecule has 28 heavy (non-hydrogen) atoms. The minimum Gasteiger partial charge on any atom is -0.497 e. The summed E-state index contributed by atoms with van der Waals surface area (Å²) in [5, 5.41) is 0.474. The molecule has 0 N–H and O–H groups in total. The molecule has 0 atom stereocenters. The van der Waals surface area contributed by atoms with Crippen LogP contribution in [0.3, 0.4) is 0 Å². The van der Waals surface area contributed by atoms with Gasteiger partial charge >= 0.3 is 5.97 Å². The van der Waals surface area contributed by atoms with Crippen molar-refractivity contribution in [2.75, 3.05) is 13.7 Å². The van der Waals surface area contributed by atoms with Gasteiger partial charge < -0.3 is 18.6 Å². The predicted octanol–water partition coefficient (Wildman–Crippen LogP) is 4.19. The quantitative estimate of drug-likeness (QED) is 0.595. The van der Waals surface area contributed by atoms with Crippen LogP contribution < -0.4 is 14.9 Å². The zero-order valence-electron chi connectivity index (χ0n) is 16.3. The van der Waals surface area contributed by atoms with Crippen LogP contribution in [0.1, 0.15) is 20.8 Å². The SMILES string of the molecule is CCOC(=O)C(C)(C)Oc1ccc(-c2coc3cc(OC)ccc3c2=O)cc1. The van der Waals surface area contributed by atoms with Crippen molar-refractivity contribution in [3.8, 4) is 22.6 Å². The Kier molecular flexibility index (Phi) is 5.40. The summed E-state index contributed by atoms with van der Waals surface area (Å²) >= 11 is 0. The third-order valence-corrected chi connectivity index (χ3v) is 4.29. The van der Waals surface area contributed by atoms with Crippen LogP contribution in [0.4, 0.5) is 0 Å². The van der Waals surface area contributed by atoms with Gasteiger partial charge in [-0.05, 0) is 50.6 Å². The fourth-order valence-corrected chi connectivity index (χ4v) is 2.78. The first-order chi connectivity index (χ1) is 13.4. The number of methoxy groups -OCH3 is 1. The highest BCUT2D eigenvalue weighted by Gasteiger charge is 2.31. The molecule has 1 heterocycles. The van der Waals surface area contributed by atoms with E-state index in [1.807, 2.05) is 0 Å². The topological polar surface area (TPSA) is 75.0 Å². The maximum atomic E-state index is 12.8. The molecule has 3 aromatic rings. The van der Waals surface area contributed by atoms with E-state index >= 15 is 0 Å². The number of rotatable bonds is 6. The van der Waals surface area contributed by atoms with Gasteiger partial charge in [-0.25, -0.2) is 4.79 Å². The number of esters is 1. The lowest BCUT2D eigenvalue weighted by atomic mass is 10.1. The maximum absolute atomic E-state index is 12.8. The van der Waals surface area contributed by atoms with Gasteiger partial charge in [-0.3, -0.25) is 4.79 Å². The lowest BCUT2D eigenvalue weighted by Crippen LogP contribution is -2.39. The summed E-state index contributed by atoms with van der Waals surface area (Å²) in [7, 11) is 1.56. The van der Waals surface area contributed by atoms with Crippen molar-refractivity contribution in [2.24, 2.45) is 0 Å². The molecule has 2 aromatic carbocycles. The van der Waals surface area contributed by atoms with E-state index in [2.05, 4.69) is 0 Å². The van der Waals surface area contributed by atoms with Gasteiger partial charge in [0.1, 0.15) is 23.3 Å². The normalized spacial score (nSPS) is 11.3. The van der Waals surface area contributed by atoms with Crippen LogP contribution >= 0.6 is 0 Å². The van der Waals surface area contributed by atoms with E-state index in [4.69, 9.17) is 18.6 Å². The highest BCUT2D eigenvalue weighted by Crippen LogP contribution is 2.26. The summed E-state index contributed by atoms with van der Waals surface area (Å²) in [5.74, 6) is 0.676. The highest BCUT2D eigenvalue weighted by molar-refractivity contribution is 5.82. The Morgan fingerprint density at radius 1 is 1.07 bits per heavy atom. The number of hydrogen-bond acceptors (Lipinski definition) is 6. The lowest BCUT2D eigenvalue weighted by Gasteiger charge is -2.24. The monoisotopic (exact) mass is 382 g/mol. The Morgan fingerprint density at radius 2 is 1.75 bits per heavy atom. The Hall–Kier alpha value is -3.28. The lowest BCUT2D eigenvalue weighted by molar-refractivity contribution is -0.158. The van der Waals surface area contributed by atoms with Gasteiger partial charge in [-0.15, -0.1) is 0 Å². The summed E-state index contributed by atoms with van der Waals surface area (Å²) in [5.41, 5.74) is 0.341. The third kappa shape index (κ3) is 3.86. The van der Waals surface area contributed by atoms with Crippen molar-refractivity contribution in [3.05, 3.63) is 59.0 Å². The number of hydrogen-bond donors (Lipinski definition) is 0. The molecule has 0 aliphatic carbocycles. The molecule has 146 valence electrons. The molecular formula is C22H22O6. The van der Waals surface area contributed by atoms with Crippen molar-refractivity contribution < 1.29 is 23.4 Å². The molecular weight excluding hydrogens is 360 g/mol. The zero-order chi connectivity index (χ0) is 20.3. The second-order valence-corrected chi connectivity index (χ2v) is 6.70. The number of carbonyl (C=O) groups excluding carboxylic acids is 1. The van der Waals surface area contributed by atoms with Crippen molar-refractivity contribution in [1.29, 1.82) is 0 Å². The van der Waals surface area contributed by atoms with E-state index in [-0.39, 0.29) is 12.0 Å². The minimum absolute atomic E-state index is 0.135. The molecule has 0 aliphatic rings. The minimum atomic E-state index is -1.11. The molecule has 0 amide bonds. The smallest absolute Gasteiger partial charge is 0.349 e. The first-order valence-corrected chi connectivity index (χ1v) is 8.92. The second-order valence-electron chi connectivity index (χ2n) is 6.70. The molecule has 1 aromatic heterocycles. The molecule has 0 spiro atoms. The Morgan fingerprint density at radius 3 is 2.39 bits per heavy atom. The first kappa shape index (κ1) is 19.5. The first-order valence-electron chi connectivity index (χ1n) is 8.92. The van der Waals surface area contributed by atoms with Gasteiger partial charge in [0.2, 0.25) is 0 Å². The molecule has 6 heteroatoms. The third-order valence-electron chi connectivity index (χ3n) is 4.29. The Bertz CT molecular complexity index is 1050. The molecule has 0 fully saturated rings. The number of benzene rings is 2. The largest absolute Gasteiger partial charge is 0.497 e. The molecule has 0 saturated carbocycles. The molecule has 0 unspecified atom stereocenters. The molecule has 0 bridgehead atoms. The van der Waals surface area contributed by atoms with Crippen LogP contribution in [-0.4, -0.2) is 25.3 Å². The van der Waals surface area contributed by atoms with Gasteiger partial charge in [0, 0.05) is 6.07 Å². The highest BCUT2D eigenvalue weighted by atomic mass is 16.6. The van der Waals surface area contributed by atoms with Gasteiger partial charge in [0.05, 0.1) is 24.7 Å². The van der Waals surface area contributed by atoms with Crippen molar-refractivity contribution >= 4 is 16.9 Å². The molecule has 0 saturated heterocycles. The Labute approximate surface area is 162 Å². The van der Waals surface area contributed by atoms with Crippen molar-refractivity contribution in [1.82, 2.24) is 0 Å². The summed E-state index contributed by atoms with van der Waals surface area (Å²) in [6.07, 6.45) is 1.43. The average molecular weight is 382 g/mol. The zero-order valence-corrected chi connectivity index (χ0v) is 16.3. The van der Waals surface area contributed by atoms with Crippen LogP contribution in [0, 0.1) is 0 Å². The number of ether oxygens (including phenoxy) is 3. The van der Waals surface area contributed by atoms with E-state index in [9.17, 15) is 9.59 Å². The molecule has 0 radical (unpaired) electrons. The Balaban J connectivity index is 1.88. The number of fused-ring (bicyclic) bond motifs is 1. The van der Waals surface area contributed by atoms with Crippen molar-refractivity contribution in [3.63, 3.8) is 0 Å². The number of carbonyl (C=O) groups is 1. The summed E-state index contributed by atoms with van der Waals surface area (Å²) in [4.78, 5) is 24.8. The summed E-state index contributed by atoms with van der Waals surface area (Å²) in [6, 6.07) is 12.0. The van der Waals surface area contributed by atoms with E-state index in [1.54, 1.807) is 70.3 Å². The van der Waals surface area contributed by atoms with Crippen LogP contribution in [0.2, 0.25) is 0 Å². The van der Waals surface area contributed by atoms with E-state index in [0.29, 0.717) is 33.6 Å². The van der Waals surface area contributed by atoms with Crippen LogP contribution in [-0.2, 0) is 9.53 Å². The molecule has 6 nitrogen and oxygen atoms in total. The summed E-state index contributed by atoms with van der Waals surface area (Å²) in [6.45, 7) is 5.32.